The fourth-order valence-electron chi connectivity index (χ4n) is 3.59. The number of hydrogen-bond donors (Lipinski definition) is 4. The first-order valence-electron chi connectivity index (χ1n) is 8.55. The maximum atomic E-state index is 11.4. The normalized spacial score (nSPS) is 24.1. The summed E-state index contributed by atoms with van der Waals surface area (Å²) in [5.41, 5.74) is 1.33. The number of nitrogens with one attached hydrogen (secondary N) is 2. The van der Waals surface area contributed by atoms with E-state index in [2.05, 4.69) is 50.5 Å². The summed E-state index contributed by atoms with van der Waals surface area (Å²) in [5.74, 6) is 0. The van der Waals surface area contributed by atoms with Gasteiger partial charge in [0.05, 0.1) is 15.1 Å². The van der Waals surface area contributed by atoms with Crippen LogP contribution in [0.25, 0.3) is 0 Å². The molecule has 2 aliphatic heterocycles. The van der Waals surface area contributed by atoms with E-state index in [0.717, 1.165) is 31.5 Å². The van der Waals surface area contributed by atoms with Gasteiger partial charge in [0, 0.05) is 12.6 Å². The number of likely N-dealkylation sites (tertiary alicyclic amines) is 1. The van der Waals surface area contributed by atoms with Crippen LogP contribution < -0.4 is 10.6 Å². The van der Waals surface area contributed by atoms with Crippen LogP contribution in [0.2, 0.25) is 0 Å². The topological polar surface area (TPSA) is 114 Å². The molecule has 1 aromatic rings. The van der Waals surface area contributed by atoms with Gasteiger partial charge >= 0.3 is 5.69 Å². The third-order valence-corrected chi connectivity index (χ3v) is 5.69. The molecule has 1 aromatic carbocycles. The Hall–Kier alpha value is -1.46. The van der Waals surface area contributed by atoms with E-state index >= 15 is 0 Å². The molecule has 0 amide bonds. The summed E-state index contributed by atoms with van der Waals surface area (Å²) in [6.45, 7) is 2.48. The molecule has 10 heteroatoms. The number of nitrogens with zero attached hydrogens (tertiary/aromatic N) is 3. The van der Waals surface area contributed by atoms with Crippen molar-refractivity contribution in [2.24, 2.45) is 0 Å². The van der Waals surface area contributed by atoms with Gasteiger partial charge in [-0.25, -0.2) is 0 Å². The molecule has 2 aliphatic rings. The highest BCUT2D eigenvalue weighted by molar-refractivity contribution is 9.10. The molecule has 0 saturated carbocycles. The molecule has 1 saturated heterocycles. The van der Waals surface area contributed by atoms with Gasteiger partial charge in [-0.3, -0.25) is 15.0 Å². The van der Waals surface area contributed by atoms with E-state index in [1.165, 1.54) is 0 Å². The molecule has 0 bridgehead atoms. The zero-order valence-electron chi connectivity index (χ0n) is 14.8. The molecule has 2 atom stereocenters. The summed E-state index contributed by atoms with van der Waals surface area (Å²) in [6, 6.07) is 2.29. The first-order chi connectivity index (χ1) is 12.3. The van der Waals surface area contributed by atoms with Gasteiger partial charge in [0.1, 0.15) is 5.69 Å². The van der Waals surface area contributed by atoms with Gasteiger partial charge in [-0.15, -0.1) is 0 Å². The van der Waals surface area contributed by atoms with Crippen LogP contribution in [0.3, 0.4) is 0 Å². The maximum absolute atomic E-state index is 11.4. The van der Waals surface area contributed by atoms with Crippen LogP contribution in [0.1, 0.15) is 18.4 Å². The van der Waals surface area contributed by atoms with Crippen LogP contribution in [0.15, 0.2) is 10.5 Å². The number of aliphatic hydroxyl groups is 2. The van der Waals surface area contributed by atoms with E-state index in [9.17, 15) is 20.3 Å². The minimum atomic E-state index is -1.32. The Kier molecular flexibility index (Phi) is 5.68. The summed E-state index contributed by atoms with van der Waals surface area (Å²) < 4.78 is 0.345. The van der Waals surface area contributed by atoms with Crippen molar-refractivity contribution in [2.75, 3.05) is 37.8 Å². The number of nitro groups is 1. The Labute approximate surface area is 160 Å². The lowest BCUT2D eigenvalue weighted by molar-refractivity contribution is -0.384. The van der Waals surface area contributed by atoms with Crippen molar-refractivity contribution in [1.82, 2.24) is 9.80 Å². The lowest BCUT2D eigenvalue weighted by Gasteiger charge is -2.36. The molecule has 9 nitrogen and oxygen atoms in total. The van der Waals surface area contributed by atoms with Crippen LogP contribution in [0.4, 0.5) is 17.1 Å². The Bertz CT molecular complexity index is 694. The number of aliphatic hydroxyl groups excluding tert-OH is 2. The summed E-state index contributed by atoms with van der Waals surface area (Å²) in [6.07, 6.45) is -0.423. The zero-order valence-corrected chi connectivity index (χ0v) is 16.4. The molecule has 0 radical (unpaired) electrons. The van der Waals surface area contributed by atoms with Gasteiger partial charge in [0.25, 0.3) is 0 Å². The van der Waals surface area contributed by atoms with Crippen molar-refractivity contribution in [1.29, 1.82) is 0 Å². The minimum Gasteiger partial charge on any atom is -0.369 e. The molecule has 2 unspecified atom stereocenters. The smallest absolute Gasteiger partial charge is 0.308 e. The van der Waals surface area contributed by atoms with Crippen molar-refractivity contribution < 1.29 is 15.1 Å². The number of rotatable bonds is 4. The third-order valence-electron chi connectivity index (χ3n) is 5.08. The Morgan fingerprint density at radius 2 is 1.85 bits per heavy atom. The zero-order chi connectivity index (χ0) is 19.0. The Balaban J connectivity index is 1.87. The van der Waals surface area contributed by atoms with Crippen LogP contribution >= 0.6 is 15.9 Å². The van der Waals surface area contributed by atoms with Gasteiger partial charge < -0.3 is 25.7 Å². The fourth-order valence-corrected chi connectivity index (χ4v) is 4.21. The highest BCUT2D eigenvalue weighted by atomic mass is 79.9. The second kappa shape index (κ2) is 7.65. The molecule has 1 fully saturated rings. The van der Waals surface area contributed by atoms with Crippen LogP contribution in [0, 0.1) is 10.1 Å². The van der Waals surface area contributed by atoms with Crippen LogP contribution in [0.5, 0.6) is 0 Å². The Morgan fingerprint density at radius 3 is 2.38 bits per heavy atom. The molecule has 0 aliphatic carbocycles. The maximum Gasteiger partial charge on any atom is 0.308 e. The average Bonchev–Trinajstić information content (AvgIpc) is 2.57. The van der Waals surface area contributed by atoms with Gasteiger partial charge in [-0.05, 0) is 67.6 Å². The fraction of sp³-hybridized carbons (Fsp3) is 0.625. The molecule has 0 aromatic heterocycles. The molecular weight excluding hydrogens is 406 g/mol. The lowest BCUT2D eigenvalue weighted by atomic mass is 10.0. The van der Waals surface area contributed by atoms with E-state index in [1.54, 1.807) is 6.07 Å². The number of nitro benzene ring substituents is 1. The first kappa shape index (κ1) is 19.3. The van der Waals surface area contributed by atoms with Gasteiger partial charge in [-0.2, -0.15) is 0 Å². The molecule has 144 valence electrons. The number of anilines is 2. The highest BCUT2D eigenvalue weighted by Crippen LogP contribution is 2.44. The summed E-state index contributed by atoms with van der Waals surface area (Å²) in [4.78, 5) is 15.5. The second-order valence-corrected chi connectivity index (χ2v) is 7.88. The Morgan fingerprint density at radius 1 is 1.27 bits per heavy atom. The number of fused-ring (bicyclic) bond motifs is 1. The minimum absolute atomic E-state index is 0.159. The average molecular weight is 430 g/mol. The first-order valence-corrected chi connectivity index (χ1v) is 9.35. The predicted molar refractivity (Wildman–Crippen MR) is 102 cm³/mol. The van der Waals surface area contributed by atoms with E-state index in [-0.39, 0.29) is 11.4 Å². The number of hydrogen-bond acceptors (Lipinski definition) is 8. The van der Waals surface area contributed by atoms with Crippen LogP contribution in [-0.2, 0) is 6.54 Å². The molecule has 0 spiro atoms. The monoisotopic (exact) mass is 429 g/mol. The number of halogens is 1. The van der Waals surface area contributed by atoms with E-state index in [0.29, 0.717) is 22.7 Å². The van der Waals surface area contributed by atoms with Crippen molar-refractivity contribution in [3.63, 3.8) is 0 Å². The number of piperidine rings is 1. The third kappa shape index (κ3) is 3.79. The van der Waals surface area contributed by atoms with Crippen molar-refractivity contribution in [3.8, 4) is 0 Å². The van der Waals surface area contributed by atoms with E-state index < -0.39 is 17.4 Å². The molecule has 3 rings (SSSR count). The quantitative estimate of drug-likeness (QED) is 0.418. The SMILES string of the molecule is CN(C)C1CCN(Cc2cc(Br)c([N+](=O)[O-])c3c2NC(O)C(O)N3)CC1. The lowest BCUT2D eigenvalue weighted by Crippen LogP contribution is -2.44. The predicted octanol–water partition coefficient (Wildman–Crippen LogP) is 1.36. The van der Waals surface area contributed by atoms with Gasteiger partial charge in [0.2, 0.25) is 0 Å². The summed E-state index contributed by atoms with van der Waals surface area (Å²) in [5, 5.41) is 36.6. The van der Waals surface area contributed by atoms with E-state index in [1.807, 2.05) is 0 Å². The number of benzene rings is 1. The van der Waals surface area contributed by atoms with Crippen LogP contribution in [-0.4, -0.2) is 70.6 Å². The molecule has 26 heavy (non-hydrogen) atoms. The standard InChI is InChI=1S/C16H24BrN5O4/c1-20(2)10-3-5-21(6-4-10)8-9-7-11(17)14(22(25)26)13-12(9)18-15(23)16(24)19-13/h7,10,15-16,18-19,23-24H,3-6,8H2,1-2H3. The second-order valence-electron chi connectivity index (χ2n) is 7.02. The summed E-state index contributed by atoms with van der Waals surface area (Å²) >= 11 is 3.28. The molecule has 4 N–H and O–H groups in total. The molecular formula is C16H24BrN5O4. The van der Waals surface area contributed by atoms with E-state index in [4.69, 9.17) is 0 Å². The van der Waals surface area contributed by atoms with Crippen molar-refractivity contribution in [3.05, 3.63) is 26.2 Å². The van der Waals surface area contributed by atoms with Gasteiger partial charge in [0.15, 0.2) is 12.5 Å². The van der Waals surface area contributed by atoms with Crippen molar-refractivity contribution >= 4 is 33.0 Å². The van der Waals surface area contributed by atoms with Crippen molar-refractivity contribution in [2.45, 2.75) is 37.9 Å². The highest BCUT2D eigenvalue weighted by Gasteiger charge is 2.34. The summed E-state index contributed by atoms with van der Waals surface area (Å²) in [7, 11) is 4.18. The largest absolute Gasteiger partial charge is 0.369 e. The molecule has 2 heterocycles. The van der Waals surface area contributed by atoms with Gasteiger partial charge in [-0.1, -0.05) is 0 Å².